The number of carbonyl (C=O) groups excluding carboxylic acids is 2. The predicted octanol–water partition coefficient (Wildman–Crippen LogP) is 2.06. The molecule has 2 aliphatic rings. The van der Waals surface area contributed by atoms with Gasteiger partial charge in [0.1, 0.15) is 0 Å². The van der Waals surface area contributed by atoms with Crippen LogP contribution in [0.15, 0.2) is 24.3 Å². The van der Waals surface area contributed by atoms with Crippen LogP contribution in [-0.4, -0.2) is 53.5 Å². The van der Waals surface area contributed by atoms with Crippen molar-refractivity contribution >= 4 is 11.8 Å². The van der Waals surface area contributed by atoms with Gasteiger partial charge in [-0.3, -0.25) is 9.59 Å². The lowest BCUT2D eigenvalue weighted by molar-refractivity contribution is -0.128. The monoisotopic (exact) mass is 316 g/mol. The van der Waals surface area contributed by atoms with Crippen molar-refractivity contribution in [3.05, 3.63) is 35.4 Å². The van der Waals surface area contributed by atoms with E-state index < -0.39 is 0 Å². The highest BCUT2D eigenvalue weighted by atomic mass is 16.5. The fraction of sp³-hybridized carbons (Fsp3) is 0.556. The van der Waals surface area contributed by atoms with Crippen molar-refractivity contribution in [2.45, 2.75) is 45.4 Å². The molecule has 2 saturated heterocycles. The molecule has 2 unspecified atom stereocenters. The molecule has 1 aromatic carbocycles. The third-order valence-corrected chi connectivity index (χ3v) is 4.45. The number of rotatable bonds is 3. The number of carbonyl (C=O) groups is 2. The topological polar surface area (TPSA) is 49.9 Å². The summed E-state index contributed by atoms with van der Waals surface area (Å²) in [4.78, 5) is 28.0. The zero-order valence-corrected chi connectivity index (χ0v) is 13.8. The van der Waals surface area contributed by atoms with Gasteiger partial charge in [0.05, 0.1) is 12.2 Å². The van der Waals surface area contributed by atoms with Gasteiger partial charge in [-0.25, -0.2) is 0 Å². The van der Waals surface area contributed by atoms with Crippen LogP contribution in [0.4, 0.5) is 0 Å². The number of benzene rings is 1. The van der Waals surface area contributed by atoms with Crippen molar-refractivity contribution in [2.24, 2.45) is 0 Å². The maximum absolute atomic E-state index is 12.6. The Balaban J connectivity index is 1.64. The molecule has 124 valence electrons. The van der Waals surface area contributed by atoms with E-state index >= 15 is 0 Å². The number of nitrogens with zero attached hydrogens (tertiary/aromatic N) is 2. The van der Waals surface area contributed by atoms with Gasteiger partial charge in [0.2, 0.25) is 5.91 Å². The van der Waals surface area contributed by atoms with Gasteiger partial charge >= 0.3 is 0 Å². The normalized spacial score (nSPS) is 25.0. The minimum atomic E-state index is 0.0517. The van der Waals surface area contributed by atoms with Gasteiger partial charge in [-0.05, 0) is 38.0 Å². The van der Waals surface area contributed by atoms with Gasteiger partial charge in [0, 0.05) is 38.2 Å². The summed E-state index contributed by atoms with van der Waals surface area (Å²) >= 11 is 0. The molecule has 0 saturated carbocycles. The highest BCUT2D eigenvalue weighted by molar-refractivity contribution is 5.94. The molecule has 5 heteroatoms. The average molecular weight is 316 g/mol. The van der Waals surface area contributed by atoms with Crippen LogP contribution in [0.2, 0.25) is 0 Å². The quantitative estimate of drug-likeness (QED) is 0.857. The summed E-state index contributed by atoms with van der Waals surface area (Å²) in [5.41, 5.74) is 1.77. The molecule has 5 nitrogen and oxygen atoms in total. The fourth-order valence-electron chi connectivity index (χ4n) is 3.37. The molecule has 0 aliphatic carbocycles. The van der Waals surface area contributed by atoms with Gasteiger partial charge in [-0.1, -0.05) is 12.1 Å². The molecule has 0 N–H and O–H groups in total. The Bertz CT molecular complexity index is 574. The van der Waals surface area contributed by atoms with Gasteiger partial charge in [-0.15, -0.1) is 0 Å². The Hall–Kier alpha value is -1.88. The van der Waals surface area contributed by atoms with Crippen LogP contribution in [0.1, 0.15) is 42.6 Å². The Labute approximate surface area is 137 Å². The molecule has 23 heavy (non-hydrogen) atoms. The van der Waals surface area contributed by atoms with E-state index in [1.54, 1.807) is 0 Å². The van der Waals surface area contributed by atoms with Crippen LogP contribution in [0.25, 0.3) is 0 Å². The van der Waals surface area contributed by atoms with E-state index in [4.69, 9.17) is 4.74 Å². The molecular formula is C18H24N2O3. The maximum Gasteiger partial charge on any atom is 0.254 e. The Morgan fingerprint density at radius 3 is 2.39 bits per heavy atom. The number of amides is 2. The van der Waals surface area contributed by atoms with Crippen LogP contribution in [0, 0.1) is 0 Å². The number of ether oxygens (including phenoxy) is 1. The van der Waals surface area contributed by atoms with Crippen LogP contribution >= 0.6 is 0 Å². The molecule has 0 radical (unpaired) electrons. The van der Waals surface area contributed by atoms with Crippen molar-refractivity contribution in [1.82, 2.24) is 9.80 Å². The number of hydrogen-bond donors (Lipinski definition) is 0. The molecule has 0 bridgehead atoms. The fourth-order valence-corrected chi connectivity index (χ4v) is 3.37. The van der Waals surface area contributed by atoms with E-state index in [0.29, 0.717) is 31.6 Å². The molecule has 2 fully saturated rings. The van der Waals surface area contributed by atoms with E-state index in [0.717, 1.165) is 18.5 Å². The van der Waals surface area contributed by atoms with Crippen molar-refractivity contribution < 1.29 is 14.3 Å². The summed E-state index contributed by atoms with van der Waals surface area (Å²) in [6.45, 7) is 6.72. The molecular weight excluding hydrogens is 292 g/mol. The third kappa shape index (κ3) is 3.72. The molecule has 2 heterocycles. The number of morpholine rings is 1. The average Bonchev–Trinajstić information content (AvgIpc) is 2.91. The Kier molecular flexibility index (Phi) is 4.66. The summed E-state index contributed by atoms with van der Waals surface area (Å²) in [7, 11) is 0. The smallest absolute Gasteiger partial charge is 0.254 e. The van der Waals surface area contributed by atoms with Gasteiger partial charge < -0.3 is 14.5 Å². The first-order chi connectivity index (χ1) is 11.0. The van der Waals surface area contributed by atoms with E-state index in [1.165, 1.54) is 0 Å². The lowest BCUT2D eigenvalue weighted by Crippen LogP contribution is -2.48. The van der Waals surface area contributed by atoms with E-state index in [-0.39, 0.29) is 24.0 Å². The van der Waals surface area contributed by atoms with Gasteiger partial charge in [0.25, 0.3) is 5.91 Å². The molecule has 2 aliphatic heterocycles. The second-order valence-corrected chi connectivity index (χ2v) is 6.58. The Morgan fingerprint density at radius 1 is 1.17 bits per heavy atom. The van der Waals surface area contributed by atoms with E-state index in [1.807, 2.05) is 47.9 Å². The van der Waals surface area contributed by atoms with Crippen LogP contribution in [-0.2, 0) is 16.1 Å². The molecule has 3 rings (SSSR count). The summed E-state index contributed by atoms with van der Waals surface area (Å²) in [6, 6.07) is 7.63. The van der Waals surface area contributed by atoms with Crippen LogP contribution in [0.3, 0.4) is 0 Å². The first-order valence-electron chi connectivity index (χ1n) is 8.34. The van der Waals surface area contributed by atoms with Crippen molar-refractivity contribution in [3.8, 4) is 0 Å². The summed E-state index contributed by atoms with van der Waals surface area (Å²) in [6.07, 6.45) is 1.75. The third-order valence-electron chi connectivity index (χ3n) is 4.45. The van der Waals surface area contributed by atoms with Crippen LogP contribution < -0.4 is 0 Å². The standard InChI is InChI=1S/C18H24N2O3/c1-13-10-20(11-14(2)23-13)18(22)16-7-5-15(6-8-16)12-19-9-3-4-17(19)21/h5-8,13-14H,3-4,9-12H2,1-2H3. The minimum Gasteiger partial charge on any atom is -0.372 e. The lowest BCUT2D eigenvalue weighted by atomic mass is 10.1. The van der Waals surface area contributed by atoms with Crippen molar-refractivity contribution in [1.29, 1.82) is 0 Å². The lowest BCUT2D eigenvalue weighted by Gasteiger charge is -2.35. The molecule has 0 spiro atoms. The minimum absolute atomic E-state index is 0.0517. The van der Waals surface area contributed by atoms with Crippen LogP contribution in [0.5, 0.6) is 0 Å². The summed E-state index contributed by atoms with van der Waals surface area (Å²) in [5, 5.41) is 0. The highest BCUT2D eigenvalue weighted by Crippen LogP contribution is 2.17. The van der Waals surface area contributed by atoms with Gasteiger partial charge in [-0.2, -0.15) is 0 Å². The summed E-state index contributed by atoms with van der Waals surface area (Å²) < 4.78 is 5.67. The predicted molar refractivity (Wildman–Crippen MR) is 87.0 cm³/mol. The van der Waals surface area contributed by atoms with Crippen molar-refractivity contribution in [3.63, 3.8) is 0 Å². The summed E-state index contributed by atoms with van der Waals surface area (Å²) in [5.74, 6) is 0.275. The van der Waals surface area contributed by atoms with Crippen molar-refractivity contribution in [2.75, 3.05) is 19.6 Å². The highest BCUT2D eigenvalue weighted by Gasteiger charge is 2.26. The van der Waals surface area contributed by atoms with E-state index in [2.05, 4.69) is 0 Å². The van der Waals surface area contributed by atoms with Gasteiger partial charge in [0.15, 0.2) is 0 Å². The Morgan fingerprint density at radius 2 is 1.83 bits per heavy atom. The molecule has 2 atom stereocenters. The molecule has 1 aromatic rings. The SMILES string of the molecule is CC1CN(C(=O)c2ccc(CN3CCCC3=O)cc2)CC(C)O1. The largest absolute Gasteiger partial charge is 0.372 e. The second-order valence-electron chi connectivity index (χ2n) is 6.58. The molecule has 0 aromatic heterocycles. The first-order valence-corrected chi connectivity index (χ1v) is 8.34. The zero-order valence-electron chi connectivity index (χ0n) is 13.8. The zero-order chi connectivity index (χ0) is 16.4. The second kappa shape index (κ2) is 6.71. The van der Waals surface area contributed by atoms with E-state index in [9.17, 15) is 9.59 Å². The molecule has 2 amide bonds. The number of likely N-dealkylation sites (tertiary alicyclic amines) is 1. The number of hydrogen-bond acceptors (Lipinski definition) is 3. The first kappa shape index (κ1) is 16.0. The maximum atomic E-state index is 12.6.